The number of nitrogens with one attached hydrogen (secondary N) is 1. The zero-order valence-electron chi connectivity index (χ0n) is 49.1. The van der Waals surface area contributed by atoms with E-state index in [1.54, 1.807) is 0 Å². The summed E-state index contributed by atoms with van der Waals surface area (Å²) in [4.78, 5) is 39.9. The summed E-state index contributed by atoms with van der Waals surface area (Å²) in [6.45, 7) is 6.83. The SMILES string of the molecule is CCCCCCCC/C=C\C/C=C/CCC(=O)NC(COP(=O)([O-])OCC[N+](C)(C)C)C(/C=C\CCCCCCCCCCCCC)OC(=O)CCCCCCCCCCCCCCCCCCCCCCC. The number of hydrogen-bond donors (Lipinski definition) is 1. The summed E-state index contributed by atoms with van der Waals surface area (Å²) in [5.74, 6) is -0.605. The molecule has 0 rings (SSSR count). The van der Waals surface area contributed by atoms with E-state index < -0.39 is 26.6 Å². The molecular formula is C63H121N2O7P. The van der Waals surface area contributed by atoms with Gasteiger partial charge in [-0.15, -0.1) is 0 Å². The second kappa shape index (κ2) is 53.6. The van der Waals surface area contributed by atoms with Crippen molar-refractivity contribution in [2.75, 3.05) is 40.9 Å². The summed E-state index contributed by atoms with van der Waals surface area (Å²) in [6.07, 6.45) is 64.2. The summed E-state index contributed by atoms with van der Waals surface area (Å²) in [6, 6.07) is -0.914. The molecule has 1 N–H and O–H groups in total. The fraction of sp³-hybridized carbons (Fsp3) is 0.873. The lowest BCUT2D eigenvalue weighted by Gasteiger charge is -2.30. The lowest BCUT2D eigenvalue weighted by Crippen LogP contribution is -2.47. The van der Waals surface area contributed by atoms with Crippen LogP contribution in [0, 0.1) is 0 Å². The number of carbonyl (C=O) groups is 2. The van der Waals surface area contributed by atoms with Crippen molar-refractivity contribution in [2.45, 2.75) is 315 Å². The Bertz CT molecular complexity index is 1350. The summed E-state index contributed by atoms with van der Waals surface area (Å²) in [5.41, 5.74) is 0. The lowest BCUT2D eigenvalue weighted by molar-refractivity contribution is -0.870. The molecule has 0 aliphatic carbocycles. The van der Waals surface area contributed by atoms with E-state index in [1.165, 1.54) is 212 Å². The molecule has 0 aliphatic heterocycles. The van der Waals surface area contributed by atoms with Crippen LogP contribution in [0.1, 0.15) is 303 Å². The van der Waals surface area contributed by atoms with Crippen LogP contribution in [0.4, 0.5) is 0 Å². The predicted molar refractivity (Wildman–Crippen MR) is 312 cm³/mol. The van der Waals surface area contributed by atoms with Crippen molar-refractivity contribution >= 4 is 19.7 Å². The smallest absolute Gasteiger partial charge is 0.306 e. The zero-order chi connectivity index (χ0) is 53.6. The molecule has 9 nitrogen and oxygen atoms in total. The zero-order valence-corrected chi connectivity index (χ0v) is 50.0. The average molecular weight is 1050 g/mol. The number of likely N-dealkylation sites (N-methyl/N-ethyl adjacent to an activating group) is 1. The Hall–Kier alpha value is -1.77. The van der Waals surface area contributed by atoms with Crippen molar-refractivity contribution in [3.63, 3.8) is 0 Å². The van der Waals surface area contributed by atoms with E-state index in [0.717, 1.165) is 51.4 Å². The normalized spacial score (nSPS) is 13.9. The second-order valence-corrected chi connectivity index (χ2v) is 24.0. The summed E-state index contributed by atoms with van der Waals surface area (Å²) < 4.78 is 30.3. The number of phosphoric ester groups is 1. The molecule has 0 fully saturated rings. The molecule has 430 valence electrons. The van der Waals surface area contributed by atoms with Crippen molar-refractivity contribution in [3.8, 4) is 0 Å². The van der Waals surface area contributed by atoms with E-state index >= 15 is 0 Å². The number of allylic oxidation sites excluding steroid dienone is 5. The largest absolute Gasteiger partial charge is 0.756 e. The van der Waals surface area contributed by atoms with Crippen LogP contribution in [-0.4, -0.2) is 69.4 Å². The van der Waals surface area contributed by atoms with Crippen molar-refractivity contribution in [1.82, 2.24) is 5.32 Å². The van der Waals surface area contributed by atoms with Gasteiger partial charge in [0, 0.05) is 12.8 Å². The Labute approximate surface area is 453 Å². The molecule has 0 aromatic carbocycles. The molecule has 0 saturated carbocycles. The number of unbranched alkanes of at least 4 members (excludes halogenated alkanes) is 37. The average Bonchev–Trinajstić information content (AvgIpc) is 3.35. The third-order valence-electron chi connectivity index (χ3n) is 14.1. The highest BCUT2D eigenvalue weighted by Gasteiger charge is 2.27. The third kappa shape index (κ3) is 54.8. The van der Waals surface area contributed by atoms with E-state index in [2.05, 4.69) is 44.3 Å². The van der Waals surface area contributed by atoms with Gasteiger partial charge in [0.05, 0.1) is 33.8 Å². The van der Waals surface area contributed by atoms with Crippen LogP contribution in [0.2, 0.25) is 0 Å². The minimum Gasteiger partial charge on any atom is -0.756 e. The standard InChI is InChI=1S/C63H121N2O7P/c1-7-10-13-16-19-22-25-28-29-30-31-32-33-34-35-38-41-44-47-50-53-56-63(67)72-61(54-51-48-45-42-39-36-26-23-20-17-14-11-8-2)60(59-71-73(68,69)70-58-57-65(4,5)6)64-62(66)55-52-49-46-43-40-37-27-24-21-18-15-12-9-3/h37,40,46,49,51,54,60-61H,7-36,38-39,41-45,47-48,50,52-53,55-59H2,1-6H3,(H-,64,66,68,69)/b40-37-,49-46+,54-51-. The molecule has 0 heterocycles. The number of phosphoric acid groups is 1. The number of carbonyl (C=O) groups excluding carboxylic acids is 2. The lowest BCUT2D eigenvalue weighted by atomic mass is 10.0. The van der Waals surface area contributed by atoms with Crippen molar-refractivity contribution < 1.29 is 37.3 Å². The Kier molecular flexibility index (Phi) is 52.3. The maximum Gasteiger partial charge on any atom is 0.306 e. The van der Waals surface area contributed by atoms with Crippen molar-refractivity contribution in [1.29, 1.82) is 0 Å². The van der Waals surface area contributed by atoms with E-state index in [9.17, 15) is 19.0 Å². The molecule has 10 heteroatoms. The first-order chi connectivity index (χ1) is 35.4. The Balaban J connectivity index is 5.24. The monoisotopic (exact) mass is 1050 g/mol. The molecule has 3 atom stereocenters. The van der Waals surface area contributed by atoms with E-state index in [1.807, 2.05) is 39.4 Å². The van der Waals surface area contributed by atoms with Crippen LogP contribution >= 0.6 is 7.82 Å². The van der Waals surface area contributed by atoms with Gasteiger partial charge in [0.15, 0.2) is 0 Å². The molecule has 0 aromatic heterocycles. The molecular weight excluding hydrogens is 928 g/mol. The first-order valence-corrected chi connectivity index (χ1v) is 32.8. The second-order valence-electron chi connectivity index (χ2n) is 22.6. The van der Waals surface area contributed by atoms with Crippen molar-refractivity contribution in [2.24, 2.45) is 0 Å². The first kappa shape index (κ1) is 71.2. The molecule has 0 spiro atoms. The number of nitrogens with zero attached hydrogens (tertiary/aromatic N) is 1. The van der Waals surface area contributed by atoms with Gasteiger partial charge in [-0.1, -0.05) is 276 Å². The van der Waals surface area contributed by atoms with Crippen molar-refractivity contribution in [3.05, 3.63) is 36.5 Å². The van der Waals surface area contributed by atoms with E-state index in [-0.39, 0.29) is 31.3 Å². The minimum absolute atomic E-state index is 0.0291. The van der Waals surface area contributed by atoms with Gasteiger partial charge in [0.1, 0.15) is 19.3 Å². The number of quaternary nitrogens is 1. The summed E-state index contributed by atoms with van der Waals surface area (Å²) in [7, 11) is 1.17. The van der Waals surface area contributed by atoms with Gasteiger partial charge in [-0.2, -0.15) is 0 Å². The maximum atomic E-state index is 13.5. The number of esters is 1. The van der Waals surface area contributed by atoms with Crippen LogP contribution in [-0.2, 0) is 27.9 Å². The summed E-state index contributed by atoms with van der Waals surface area (Å²) in [5, 5.41) is 2.99. The number of rotatable bonds is 57. The highest BCUT2D eigenvalue weighted by Crippen LogP contribution is 2.38. The molecule has 0 bridgehead atoms. The Morgan fingerprint density at radius 3 is 1.26 bits per heavy atom. The van der Waals surface area contributed by atoms with Crippen LogP contribution in [0.15, 0.2) is 36.5 Å². The number of hydrogen-bond acceptors (Lipinski definition) is 7. The number of amides is 1. The van der Waals surface area contributed by atoms with Gasteiger partial charge >= 0.3 is 5.97 Å². The Morgan fingerprint density at radius 2 is 0.849 bits per heavy atom. The minimum atomic E-state index is -4.71. The molecule has 0 saturated heterocycles. The highest BCUT2D eigenvalue weighted by atomic mass is 31.2. The Morgan fingerprint density at radius 1 is 0.479 bits per heavy atom. The van der Waals surface area contributed by atoms with Crippen LogP contribution in [0.25, 0.3) is 0 Å². The van der Waals surface area contributed by atoms with Gasteiger partial charge in [0.25, 0.3) is 7.82 Å². The topological polar surface area (TPSA) is 114 Å². The van der Waals surface area contributed by atoms with Gasteiger partial charge in [0.2, 0.25) is 5.91 Å². The molecule has 0 radical (unpaired) electrons. The molecule has 3 unspecified atom stereocenters. The fourth-order valence-corrected chi connectivity index (χ4v) is 9.94. The highest BCUT2D eigenvalue weighted by molar-refractivity contribution is 7.45. The molecule has 0 aliphatic rings. The summed E-state index contributed by atoms with van der Waals surface area (Å²) >= 11 is 0. The van der Waals surface area contributed by atoms with Gasteiger partial charge in [-0.3, -0.25) is 14.2 Å². The van der Waals surface area contributed by atoms with E-state index in [0.29, 0.717) is 17.4 Å². The molecule has 1 amide bonds. The van der Waals surface area contributed by atoms with E-state index in [4.69, 9.17) is 13.8 Å². The number of ether oxygens (including phenoxy) is 1. The maximum absolute atomic E-state index is 13.5. The van der Waals surface area contributed by atoms with Gasteiger partial charge in [-0.25, -0.2) is 0 Å². The van der Waals surface area contributed by atoms with Gasteiger partial charge < -0.3 is 28.5 Å². The molecule has 0 aromatic rings. The van der Waals surface area contributed by atoms with Crippen LogP contribution in [0.5, 0.6) is 0 Å². The first-order valence-electron chi connectivity index (χ1n) is 31.3. The third-order valence-corrected chi connectivity index (χ3v) is 15.1. The molecule has 73 heavy (non-hydrogen) atoms. The van der Waals surface area contributed by atoms with Crippen LogP contribution in [0.3, 0.4) is 0 Å². The van der Waals surface area contributed by atoms with Crippen LogP contribution < -0.4 is 10.2 Å². The van der Waals surface area contributed by atoms with Gasteiger partial charge in [-0.05, 0) is 51.0 Å². The fourth-order valence-electron chi connectivity index (χ4n) is 9.22. The predicted octanol–water partition coefficient (Wildman–Crippen LogP) is 18.5. The quantitative estimate of drug-likeness (QED) is 0.0212.